The number of hydrogen-bond acceptors (Lipinski definition) is 5. The average molecular weight is 225 g/mol. The van der Waals surface area contributed by atoms with Gasteiger partial charge in [-0.25, -0.2) is 0 Å². The van der Waals surface area contributed by atoms with Crippen molar-refractivity contribution < 1.29 is 4.79 Å². The van der Waals surface area contributed by atoms with Crippen LogP contribution in [0.5, 0.6) is 0 Å². The molecular weight excluding hydrogens is 206 g/mol. The standard InChI is InChI=1S/C10H19N5O/c1-15-4-2-7(3-5-15)14-10(16)9(13)8(12)6-11/h6-7,13H,2-5,11-12H2,1H3,(H,14,16)/b8-6+,13-9?. The third-order valence-corrected chi connectivity index (χ3v) is 2.75. The van der Waals surface area contributed by atoms with Gasteiger partial charge in [0.1, 0.15) is 5.71 Å². The smallest absolute Gasteiger partial charge is 0.271 e. The number of piperidine rings is 1. The summed E-state index contributed by atoms with van der Waals surface area (Å²) in [5.74, 6) is -0.450. The Morgan fingerprint density at radius 1 is 1.50 bits per heavy atom. The number of amides is 1. The molecule has 0 saturated carbocycles. The minimum atomic E-state index is -0.450. The van der Waals surface area contributed by atoms with Crippen molar-refractivity contribution in [2.24, 2.45) is 11.5 Å². The Labute approximate surface area is 95.2 Å². The minimum Gasteiger partial charge on any atom is -0.403 e. The molecule has 90 valence electrons. The molecule has 1 amide bonds. The molecule has 1 aliphatic heterocycles. The van der Waals surface area contributed by atoms with E-state index in [1.54, 1.807) is 0 Å². The molecule has 0 aliphatic carbocycles. The molecule has 0 spiro atoms. The van der Waals surface area contributed by atoms with Crippen LogP contribution in [0.4, 0.5) is 0 Å². The topological polar surface area (TPSA) is 108 Å². The van der Waals surface area contributed by atoms with Crippen LogP contribution in [0.15, 0.2) is 11.9 Å². The summed E-state index contributed by atoms with van der Waals surface area (Å²) in [6, 6.07) is 0.134. The molecule has 1 rings (SSSR count). The summed E-state index contributed by atoms with van der Waals surface area (Å²) in [7, 11) is 2.05. The second-order valence-corrected chi connectivity index (χ2v) is 4.05. The summed E-state index contributed by atoms with van der Waals surface area (Å²) in [6.45, 7) is 1.92. The number of nitrogens with zero attached hydrogens (tertiary/aromatic N) is 1. The van der Waals surface area contributed by atoms with Crippen molar-refractivity contribution in [1.82, 2.24) is 10.2 Å². The summed E-state index contributed by atoms with van der Waals surface area (Å²) in [5, 5.41) is 10.3. The van der Waals surface area contributed by atoms with Crippen LogP contribution in [0.3, 0.4) is 0 Å². The Balaban J connectivity index is 2.43. The lowest BCUT2D eigenvalue weighted by Gasteiger charge is -2.29. The van der Waals surface area contributed by atoms with Crippen molar-refractivity contribution >= 4 is 11.6 Å². The zero-order valence-corrected chi connectivity index (χ0v) is 9.49. The monoisotopic (exact) mass is 225 g/mol. The molecule has 6 heteroatoms. The summed E-state index contributed by atoms with van der Waals surface area (Å²) in [6.07, 6.45) is 2.88. The van der Waals surface area contributed by atoms with Gasteiger partial charge in [0, 0.05) is 12.2 Å². The molecular formula is C10H19N5O. The zero-order valence-electron chi connectivity index (χ0n) is 9.49. The first-order valence-electron chi connectivity index (χ1n) is 5.30. The van der Waals surface area contributed by atoms with E-state index in [0.717, 1.165) is 32.1 Å². The molecule has 0 aromatic rings. The predicted octanol–water partition coefficient (Wildman–Crippen LogP) is -1.02. The van der Waals surface area contributed by atoms with Crippen molar-refractivity contribution in [3.05, 3.63) is 11.9 Å². The second kappa shape index (κ2) is 5.50. The van der Waals surface area contributed by atoms with Crippen LogP contribution in [-0.2, 0) is 4.79 Å². The highest BCUT2D eigenvalue weighted by molar-refractivity contribution is 6.43. The van der Waals surface area contributed by atoms with Gasteiger partial charge >= 0.3 is 0 Å². The fourth-order valence-electron chi connectivity index (χ4n) is 1.62. The molecule has 0 unspecified atom stereocenters. The van der Waals surface area contributed by atoms with Gasteiger partial charge in [0.05, 0.1) is 5.70 Å². The van der Waals surface area contributed by atoms with E-state index < -0.39 is 5.91 Å². The van der Waals surface area contributed by atoms with Gasteiger partial charge in [-0.2, -0.15) is 0 Å². The number of likely N-dealkylation sites (tertiary alicyclic amines) is 1. The van der Waals surface area contributed by atoms with E-state index in [1.807, 2.05) is 0 Å². The Hall–Kier alpha value is -1.56. The van der Waals surface area contributed by atoms with Crippen LogP contribution in [0, 0.1) is 5.41 Å². The van der Waals surface area contributed by atoms with E-state index in [-0.39, 0.29) is 17.5 Å². The number of rotatable bonds is 3. The van der Waals surface area contributed by atoms with Crippen LogP contribution < -0.4 is 16.8 Å². The summed E-state index contributed by atoms with van der Waals surface area (Å²) in [5.41, 5.74) is 10.3. The number of nitrogens with one attached hydrogen (secondary N) is 2. The molecule has 1 fully saturated rings. The Bertz CT molecular complexity index is 304. The molecule has 0 atom stereocenters. The second-order valence-electron chi connectivity index (χ2n) is 4.05. The highest BCUT2D eigenvalue weighted by atomic mass is 16.1. The number of hydrogen-bond donors (Lipinski definition) is 4. The first-order chi connectivity index (χ1) is 7.54. The predicted molar refractivity (Wildman–Crippen MR) is 62.8 cm³/mol. The van der Waals surface area contributed by atoms with Crippen molar-refractivity contribution in [3.8, 4) is 0 Å². The molecule has 6 N–H and O–H groups in total. The van der Waals surface area contributed by atoms with Crippen molar-refractivity contribution in [2.75, 3.05) is 20.1 Å². The molecule has 1 heterocycles. The van der Waals surface area contributed by atoms with E-state index >= 15 is 0 Å². The Kier molecular flexibility index (Phi) is 4.30. The van der Waals surface area contributed by atoms with Crippen LogP contribution in [0.2, 0.25) is 0 Å². The van der Waals surface area contributed by atoms with Crippen LogP contribution >= 0.6 is 0 Å². The van der Waals surface area contributed by atoms with Crippen molar-refractivity contribution in [1.29, 1.82) is 5.41 Å². The minimum absolute atomic E-state index is 0.00503. The van der Waals surface area contributed by atoms with E-state index in [4.69, 9.17) is 16.9 Å². The highest BCUT2D eigenvalue weighted by Crippen LogP contribution is 2.08. The van der Waals surface area contributed by atoms with E-state index in [0.29, 0.717) is 0 Å². The Morgan fingerprint density at radius 3 is 2.56 bits per heavy atom. The van der Waals surface area contributed by atoms with Crippen molar-refractivity contribution in [2.45, 2.75) is 18.9 Å². The van der Waals surface area contributed by atoms with Gasteiger partial charge in [-0.05, 0) is 33.0 Å². The van der Waals surface area contributed by atoms with Gasteiger partial charge in [0.15, 0.2) is 0 Å². The number of nitrogens with two attached hydrogens (primary N) is 2. The fourth-order valence-corrected chi connectivity index (χ4v) is 1.62. The summed E-state index contributed by atoms with van der Waals surface area (Å²) in [4.78, 5) is 13.8. The van der Waals surface area contributed by atoms with Gasteiger partial charge in [0.25, 0.3) is 5.91 Å². The van der Waals surface area contributed by atoms with Gasteiger partial charge in [-0.15, -0.1) is 0 Å². The zero-order chi connectivity index (χ0) is 12.1. The molecule has 1 saturated heterocycles. The van der Waals surface area contributed by atoms with E-state index in [2.05, 4.69) is 17.3 Å². The van der Waals surface area contributed by atoms with Crippen LogP contribution in [0.25, 0.3) is 0 Å². The van der Waals surface area contributed by atoms with Crippen LogP contribution in [0.1, 0.15) is 12.8 Å². The Morgan fingerprint density at radius 2 is 2.06 bits per heavy atom. The SMILES string of the molecule is CN1CCC(NC(=O)C(=N)/C(N)=C\N)CC1. The van der Waals surface area contributed by atoms with Gasteiger partial charge in [-0.3, -0.25) is 10.2 Å². The maximum atomic E-state index is 11.6. The van der Waals surface area contributed by atoms with Crippen LogP contribution in [-0.4, -0.2) is 42.7 Å². The molecule has 0 aromatic heterocycles. The molecule has 16 heavy (non-hydrogen) atoms. The maximum Gasteiger partial charge on any atom is 0.271 e. The van der Waals surface area contributed by atoms with Crippen molar-refractivity contribution in [3.63, 3.8) is 0 Å². The number of carbonyl (C=O) groups is 1. The lowest BCUT2D eigenvalue weighted by Crippen LogP contribution is -2.46. The first-order valence-corrected chi connectivity index (χ1v) is 5.30. The third-order valence-electron chi connectivity index (χ3n) is 2.75. The lowest BCUT2D eigenvalue weighted by molar-refractivity contribution is -0.115. The lowest BCUT2D eigenvalue weighted by atomic mass is 10.1. The maximum absolute atomic E-state index is 11.6. The summed E-state index contributed by atoms with van der Waals surface area (Å²) < 4.78 is 0. The summed E-state index contributed by atoms with van der Waals surface area (Å²) >= 11 is 0. The first kappa shape index (κ1) is 12.5. The van der Waals surface area contributed by atoms with E-state index in [9.17, 15) is 4.79 Å². The normalized spacial score (nSPS) is 19.4. The number of carbonyl (C=O) groups excluding carboxylic acids is 1. The molecule has 0 radical (unpaired) electrons. The largest absolute Gasteiger partial charge is 0.403 e. The van der Waals surface area contributed by atoms with E-state index in [1.165, 1.54) is 0 Å². The average Bonchev–Trinajstić information content (AvgIpc) is 2.30. The molecule has 1 aliphatic rings. The fraction of sp³-hybridized carbons (Fsp3) is 0.600. The van der Waals surface area contributed by atoms with Gasteiger partial charge < -0.3 is 21.7 Å². The van der Waals surface area contributed by atoms with Gasteiger partial charge in [-0.1, -0.05) is 0 Å². The third kappa shape index (κ3) is 3.23. The molecule has 0 bridgehead atoms. The quantitative estimate of drug-likeness (QED) is 0.461. The molecule has 0 aromatic carbocycles. The molecule has 6 nitrogen and oxygen atoms in total. The van der Waals surface area contributed by atoms with Gasteiger partial charge in [0.2, 0.25) is 0 Å². The highest BCUT2D eigenvalue weighted by Gasteiger charge is 2.20.